The molecule has 0 aliphatic rings. The first kappa shape index (κ1) is 9.92. The van der Waals surface area contributed by atoms with Crippen LogP contribution < -0.4 is 10.6 Å². The van der Waals surface area contributed by atoms with Crippen LogP contribution in [-0.2, 0) is 0 Å². The maximum absolute atomic E-state index is 5.57. The first-order chi connectivity index (χ1) is 7.31. The Morgan fingerprint density at radius 3 is 2.60 bits per heavy atom. The van der Waals surface area contributed by atoms with Crippen molar-refractivity contribution in [3.63, 3.8) is 0 Å². The summed E-state index contributed by atoms with van der Waals surface area (Å²) >= 11 is 1.22. The molecule has 1 aromatic heterocycles. The van der Waals surface area contributed by atoms with Gasteiger partial charge < -0.3 is 10.6 Å². The van der Waals surface area contributed by atoms with E-state index in [-0.39, 0.29) is 0 Å². The van der Waals surface area contributed by atoms with Crippen LogP contribution in [0.5, 0.6) is 0 Å². The molecule has 2 aromatic rings. The number of hydrogen-bond acceptors (Lipinski definition) is 5. The average Bonchev–Trinajstić information content (AvgIpc) is 2.68. The molecule has 78 valence electrons. The van der Waals surface area contributed by atoms with Gasteiger partial charge in [-0.05, 0) is 19.1 Å². The predicted molar refractivity (Wildman–Crippen MR) is 63.4 cm³/mol. The predicted octanol–water partition coefficient (Wildman–Crippen LogP) is 2.28. The van der Waals surface area contributed by atoms with Crippen molar-refractivity contribution in [3.05, 3.63) is 30.3 Å². The van der Waals surface area contributed by atoms with Gasteiger partial charge in [0.2, 0.25) is 11.1 Å². The van der Waals surface area contributed by atoms with Gasteiger partial charge in [-0.1, -0.05) is 18.2 Å². The molecule has 0 fully saturated rings. The van der Waals surface area contributed by atoms with Gasteiger partial charge in [-0.25, -0.2) is 0 Å². The summed E-state index contributed by atoms with van der Waals surface area (Å²) in [6.07, 6.45) is 0. The lowest BCUT2D eigenvalue weighted by atomic mass is 10.3. The molecule has 2 N–H and O–H groups in total. The zero-order chi connectivity index (χ0) is 10.7. The number of rotatable bonds is 3. The van der Waals surface area contributed by atoms with Gasteiger partial charge >= 0.3 is 0 Å². The van der Waals surface area contributed by atoms with Crippen LogP contribution in [0.2, 0.25) is 0 Å². The van der Waals surface area contributed by atoms with Crippen LogP contribution in [0.3, 0.4) is 0 Å². The summed E-state index contributed by atoms with van der Waals surface area (Å²) < 4.78 is 4.19. The molecular weight excluding hydrogens is 208 g/mol. The molecule has 0 aliphatic carbocycles. The van der Waals surface area contributed by atoms with E-state index in [4.69, 9.17) is 5.73 Å². The Kier molecular flexibility index (Phi) is 2.82. The summed E-state index contributed by atoms with van der Waals surface area (Å²) in [5, 5.41) is 0.499. The van der Waals surface area contributed by atoms with Gasteiger partial charge in [-0.3, -0.25) is 0 Å². The Hall–Kier alpha value is -1.62. The zero-order valence-corrected chi connectivity index (χ0v) is 9.24. The van der Waals surface area contributed by atoms with Crippen LogP contribution in [0, 0.1) is 0 Å². The second kappa shape index (κ2) is 4.27. The number of para-hydroxylation sites is 1. The van der Waals surface area contributed by atoms with E-state index in [0.29, 0.717) is 11.1 Å². The Morgan fingerprint density at radius 1 is 1.33 bits per heavy atom. The van der Waals surface area contributed by atoms with Crippen LogP contribution in [0.15, 0.2) is 30.3 Å². The van der Waals surface area contributed by atoms with Crippen molar-refractivity contribution in [1.29, 1.82) is 0 Å². The third-order valence-corrected chi connectivity index (χ3v) is 2.59. The molecular formula is C10H12N4S. The molecule has 0 bridgehead atoms. The van der Waals surface area contributed by atoms with Crippen LogP contribution >= 0.6 is 11.5 Å². The first-order valence-electron chi connectivity index (χ1n) is 4.73. The van der Waals surface area contributed by atoms with E-state index in [0.717, 1.165) is 12.2 Å². The summed E-state index contributed by atoms with van der Waals surface area (Å²) in [4.78, 5) is 6.19. The smallest absolute Gasteiger partial charge is 0.243 e. The fourth-order valence-corrected chi connectivity index (χ4v) is 1.82. The maximum Gasteiger partial charge on any atom is 0.243 e. The largest absolute Gasteiger partial charge is 0.374 e. The van der Waals surface area contributed by atoms with Crippen LogP contribution in [-0.4, -0.2) is 15.9 Å². The third kappa shape index (κ3) is 2.07. The Morgan fingerprint density at radius 2 is 2.07 bits per heavy atom. The Bertz CT molecular complexity index is 426. The standard InChI is InChI=1S/C10H12N4S/c1-2-14(8-6-4-3-5-7-8)10-12-9(11)15-13-10/h3-7H,2H2,1H3,(H2,11,12,13). The van der Waals surface area contributed by atoms with Crippen molar-refractivity contribution >= 4 is 28.3 Å². The summed E-state index contributed by atoms with van der Waals surface area (Å²) in [5.41, 5.74) is 6.65. The van der Waals surface area contributed by atoms with Gasteiger partial charge in [0.1, 0.15) is 0 Å². The van der Waals surface area contributed by atoms with E-state index < -0.39 is 0 Å². The maximum atomic E-state index is 5.57. The minimum Gasteiger partial charge on any atom is -0.374 e. The van der Waals surface area contributed by atoms with Gasteiger partial charge in [0.15, 0.2) is 0 Å². The summed E-state index contributed by atoms with van der Waals surface area (Å²) in [6.45, 7) is 2.88. The summed E-state index contributed by atoms with van der Waals surface area (Å²) in [6, 6.07) is 10.0. The quantitative estimate of drug-likeness (QED) is 0.862. The van der Waals surface area contributed by atoms with E-state index in [9.17, 15) is 0 Å². The van der Waals surface area contributed by atoms with Crippen LogP contribution in [0.1, 0.15) is 6.92 Å². The molecule has 0 spiro atoms. The van der Waals surface area contributed by atoms with Crippen molar-refractivity contribution < 1.29 is 0 Å². The van der Waals surface area contributed by atoms with E-state index in [1.165, 1.54) is 11.5 Å². The first-order valence-corrected chi connectivity index (χ1v) is 5.50. The molecule has 0 amide bonds. The molecule has 0 radical (unpaired) electrons. The lowest BCUT2D eigenvalue weighted by molar-refractivity contribution is 0.975. The van der Waals surface area contributed by atoms with Crippen molar-refractivity contribution in [3.8, 4) is 0 Å². The molecule has 2 rings (SSSR count). The number of hydrogen-bond donors (Lipinski definition) is 1. The third-order valence-electron chi connectivity index (χ3n) is 2.06. The van der Waals surface area contributed by atoms with Gasteiger partial charge in [-0.15, -0.1) is 0 Å². The highest BCUT2D eigenvalue weighted by Crippen LogP contribution is 2.23. The van der Waals surface area contributed by atoms with Crippen molar-refractivity contribution in [2.45, 2.75) is 6.92 Å². The summed E-state index contributed by atoms with van der Waals surface area (Å²) in [7, 11) is 0. The highest BCUT2D eigenvalue weighted by atomic mass is 32.1. The van der Waals surface area contributed by atoms with Crippen molar-refractivity contribution in [2.24, 2.45) is 0 Å². The fourth-order valence-electron chi connectivity index (χ4n) is 1.38. The minimum atomic E-state index is 0.499. The second-order valence-electron chi connectivity index (χ2n) is 3.01. The molecule has 1 heterocycles. The van der Waals surface area contributed by atoms with E-state index in [1.807, 2.05) is 35.2 Å². The highest BCUT2D eigenvalue weighted by Gasteiger charge is 2.11. The average molecular weight is 220 g/mol. The highest BCUT2D eigenvalue weighted by molar-refractivity contribution is 7.09. The van der Waals surface area contributed by atoms with Crippen LogP contribution in [0.25, 0.3) is 0 Å². The van der Waals surface area contributed by atoms with E-state index >= 15 is 0 Å². The normalized spacial score (nSPS) is 10.2. The molecule has 1 aromatic carbocycles. The van der Waals surface area contributed by atoms with E-state index in [2.05, 4.69) is 16.3 Å². The molecule has 4 nitrogen and oxygen atoms in total. The number of nitrogens with zero attached hydrogens (tertiary/aromatic N) is 3. The molecule has 0 aliphatic heterocycles. The van der Waals surface area contributed by atoms with Crippen LogP contribution in [0.4, 0.5) is 16.8 Å². The Balaban J connectivity index is 2.33. The molecule has 0 atom stereocenters. The molecule has 0 unspecified atom stereocenters. The zero-order valence-electron chi connectivity index (χ0n) is 8.42. The van der Waals surface area contributed by atoms with Crippen molar-refractivity contribution in [1.82, 2.24) is 9.36 Å². The Labute approximate surface area is 92.5 Å². The SMILES string of the molecule is CCN(c1ccccc1)c1nsc(N)n1. The number of aromatic nitrogens is 2. The lowest BCUT2D eigenvalue weighted by Gasteiger charge is -2.18. The second-order valence-corrected chi connectivity index (χ2v) is 3.80. The van der Waals surface area contributed by atoms with Gasteiger partial charge in [0.05, 0.1) is 0 Å². The van der Waals surface area contributed by atoms with Crippen molar-refractivity contribution in [2.75, 3.05) is 17.2 Å². The van der Waals surface area contributed by atoms with E-state index in [1.54, 1.807) is 0 Å². The minimum absolute atomic E-state index is 0.499. The number of benzene rings is 1. The molecule has 5 heteroatoms. The molecule has 0 saturated heterocycles. The number of nitrogen functional groups attached to an aromatic ring is 1. The number of anilines is 3. The lowest BCUT2D eigenvalue weighted by Crippen LogP contribution is -2.17. The van der Waals surface area contributed by atoms with Gasteiger partial charge in [0.25, 0.3) is 0 Å². The monoisotopic (exact) mass is 220 g/mol. The fraction of sp³-hybridized carbons (Fsp3) is 0.200. The topological polar surface area (TPSA) is 55.0 Å². The summed E-state index contributed by atoms with van der Waals surface area (Å²) in [5.74, 6) is 0.672. The van der Waals surface area contributed by atoms with Gasteiger partial charge in [0, 0.05) is 23.8 Å². The molecule has 0 saturated carbocycles. The number of nitrogens with two attached hydrogens (primary N) is 1. The molecule has 15 heavy (non-hydrogen) atoms. The van der Waals surface area contributed by atoms with Gasteiger partial charge in [-0.2, -0.15) is 9.36 Å².